The molecule has 0 spiro atoms. The number of amides is 1. The average molecular weight is 223 g/mol. The lowest BCUT2D eigenvalue weighted by molar-refractivity contribution is -0.126. The normalized spacial score (nSPS) is 24.4. The summed E-state index contributed by atoms with van der Waals surface area (Å²) in [6, 6.07) is 6.11. The summed E-state index contributed by atoms with van der Waals surface area (Å²) in [5, 5.41) is 2.53. The van der Waals surface area contributed by atoms with Crippen molar-refractivity contribution in [3.8, 4) is 0 Å². The van der Waals surface area contributed by atoms with Crippen LogP contribution in [-0.2, 0) is 9.53 Å². The molecule has 2 atom stereocenters. The molecule has 1 saturated heterocycles. The third-order valence-electron chi connectivity index (χ3n) is 2.66. The molecule has 1 heterocycles. The Morgan fingerprint density at radius 1 is 1.44 bits per heavy atom. The highest BCUT2D eigenvalue weighted by molar-refractivity contribution is 5.94. The Morgan fingerprint density at radius 3 is 2.81 bits per heavy atom. The van der Waals surface area contributed by atoms with Crippen LogP contribution in [0, 0.1) is 5.82 Å². The van der Waals surface area contributed by atoms with E-state index in [0.29, 0.717) is 6.42 Å². The highest BCUT2D eigenvalue weighted by Gasteiger charge is 2.28. The Morgan fingerprint density at radius 2 is 2.19 bits per heavy atom. The maximum Gasteiger partial charge on any atom is 0.253 e. The number of anilines is 1. The lowest BCUT2D eigenvalue weighted by Crippen LogP contribution is -2.28. The standard InChI is InChI=1S/C12H14FNO2/c1-8-6-7-11(16-8)12(15)14-10-5-3-2-4-9(10)13/h2-5,8,11H,6-7H2,1H3,(H,14,15)/t8-,11-/m1/s1. The third-order valence-corrected chi connectivity index (χ3v) is 2.66. The maximum absolute atomic E-state index is 13.3. The highest BCUT2D eigenvalue weighted by Crippen LogP contribution is 2.21. The van der Waals surface area contributed by atoms with Gasteiger partial charge in [-0.2, -0.15) is 0 Å². The van der Waals surface area contributed by atoms with Crippen LogP contribution < -0.4 is 5.32 Å². The van der Waals surface area contributed by atoms with Crippen LogP contribution in [0.2, 0.25) is 0 Å². The number of carbonyl (C=O) groups is 1. The van der Waals surface area contributed by atoms with Gasteiger partial charge >= 0.3 is 0 Å². The van der Waals surface area contributed by atoms with Crippen LogP contribution in [0.4, 0.5) is 10.1 Å². The second-order valence-corrected chi connectivity index (χ2v) is 3.98. The van der Waals surface area contributed by atoms with Crippen LogP contribution in [0.15, 0.2) is 24.3 Å². The van der Waals surface area contributed by atoms with Gasteiger partial charge in [0.15, 0.2) is 0 Å². The van der Waals surface area contributed by atoms with Crippen LogP contribution in [0.3, 0.4) is 0 Å². The van der Waals surface area contributed by atoms with Crippen LogP contribution >= 0.6 is 0 Å². The number of para-hydroxylation sites is 1. The maximum atomic E-state index is 13.3. The molecule has 0 aliphatic carbocycles. The third kappa shape index (κ3) is 2.39. The first-order valence-electron chi connectivity index (χ1n) is 5.37. The largest absolute Gasteiger partial charge is 0.365 e. The predicted octanol–water partition coefficient (Wildman–Crippen LogP) is 2.33. The molecule has 0 bridgehead atoms. The van der Waals surface area contributed by atoms with Crippen LogP contribution in [0.1, 0.15) is 19.8 Å². The van der Waals surface area contributed by atoms with E-state index >= 15 is 0 Å². The molecule has 1 aliphatic heterocycles. The monoisotopic (exact) mass is 223 g/mol. The first-order chi connectivity index (χ1) is 7.66. The van der Waals surface area contributed by atoms with Crippen molar-refractivity contribution < 1.29 is 13.9 Å². The minimum Gasteiger partial charge on any atom is -0.365 e. The number of nitrogens with one attached hydrogen (secondary N) is 1. The highest BCUT2D eigenvalue weighted by atomic mass is 19.1. The lowest BCUT2D eigenvalue weighted by Gasteiger charge is -2.11. The fraction of sp³-hybridized carbons (Fsp3) is 0.417. The van der Waals surface area contributed by atoms with E-state index < -0.39 is 11.9 Å². The molecule has 1 fully saturated rings. The molecule has 1 aromatic rings. The summed E-state index contributed by atoms with van der Waals surface area (Å²) >= 11 is 0. The van der Waals surface area contributed by atoms with Crippen molar-refractivity contribution in [2.75, 3.05) is 5.32 Å². The summed E-state index contributed by atoms with van der Waals surface area (Å²) in [4.78, 5) is 11.7. The number of benzene rings is 1. The Balaban J connectivity index is 2.00. The van der Waals surface area contributed by atoms with Crippen molar-refractivity contribution >= 4 is 11.6 Å². The first-order valence-corrected chi connectivity index (χ1v) is 5.37. The molecule has 1 aliphatic rings. The number of halogens is 1. The molecule has 16 heavy (non-hydrogen) atoms. The molecule has 0 radical (unpaired) electrons. The zero-order valence-corrected chi connectivity index (χ0v) is 9.07. The van der Waals surface area contributed by atoms with Gasteiger partial charge in [0.1, 0.15) is 11.9 Å². The molecule has 3 nitrogen and oxygen atoms in total. The number of hydrogen-bond acceptors (Lipinski definition) is 2. The average Bonchev–Trinajstić information content (AvgIpc) is 2.68. The second-order valence-electron chi connectivity index (χ2n) is 3.98. The van der Waals surface area contributed by atoms with Gasteiger partial charge in [-0.15, -0.1) is 0 Å². The predicted molar refractivity (Wildman–Crippen MR) is 58.6 cm³/mol. The van der Waals surface area contributed by atoms with Gasteiger partial charge in [-0.3, -0.25) is 4.79 Å². The number of hydrogen-bond donors (Lipinski definition) is 1. The lowest BCUT2D eigenvalue weighted by atomic mass is 10.2. The van der Waals surface area contributed by atoms with Crippen molar-refractivity contribution in [3.63, 3.8) is 0 Å². The summed E-state index contributed by atoms with van der Waals surface area (Å²) in [5.74, 6) is -0.698. The van der Waals surface area contributed by atoms with Crippen LogP contribution in [-0.4, -0.2) is 18.1 Å². The molecule has 1 aromatic carbocycles. The van der Waals surface area contributed by atoms with Crippen molar-refractivity contribution in [2.24, 2.45) is 0 Å². The van der Waals surface area contributed by atoms with Crippen molar-refractivity contribution in [2.45, 2.75) is 32.0 Å². The Bertz CT molecular complexity index is 394. The number of rotatable bonds is 2. The van der Waals surface area contributed by atoms with Gasteiger partial charge in [0, 0.05) is 0 Å². The van der Waals surface area contributed by atoms with Crippen molar-refractivity contribution in [1.82, 2.24) is 0 Å². The van der Waals surface area contributed by atoms with Gasteiger partial charge < -0.3 is 10.1 Å². The zero-order chi connectivity index (χ0) is 11.5. The molecular formula is C12H14FNO2. The van der Waals surface area contributed by atoms with E-state index in [4.69, 9.17) is 4.74 Å². The SMILES string of the molecule is C[C@@H]1CC[C@H](C(=O)Nc2ccccc2F)O1. The Hall–Kier alpha value is -1.42. The van der Waals surface area contributed by atoms with Crippen molar-refractivity contribution in [1.29, 1.82) is 0 Å². The van der Waals surface area contributed by atoms with E-state index in [1.807, 2.05) is 6.92 Å². The molecule has 0 aromatic heterocycles. The molecule has 1 amide bonds. The summed E-state index contributed by atoms with van der Waals surface area (Å²) in [7, 11) is 0. The van der Waals surface area contributed by atoms with E-state index in [1.165, 1.54) is 12.1 Å². The summed E-state index contributed by atoms with van der Waals surface area (Å²) in [5.41, 5.74) is 0.204. The summed E-state index contributed by atoms with van der Waals surface area (Å²) in [6.45, 7) is 1.93. The van der Waals surface area contributed by atoms with E-state index in [0.717, 1.165) is 6.42 Å². The Labute approximate surface area is 93.6 Å². The van der Waals surface area contributed by atoms with Crippen molar-refractivity contribution in [3.05, 3.63) is 30.1 Å². The summed E-state index contributed by atoms with van der Waals surface area (Å²) in [6.07, 6.45) is 1.22. The Kier molecular flexibility index (Phi) is 3.19. The summed E-state index contributed by atoms with van der Waals surface area (Å²) < 4.78 is 18.7. The van der Waals surface area contributed by atoms with Gasteiger partial charge in [0.05, 0.1) is 11.8 Å². The number of carbonyl (C=O) groups excluding carboxylic acids is 1. The van der Waals surface area contributed by atoms with E-state index in [2.05, 4.69) is 5.32 Å². The van der Waals surface area contributed by atoms with Gasteiger partial charge in [0.2, 0.25) is 0 Å². The molecule has 0 unspecified atom stereocenters. The van der Waals surface area contributed by atoms with Gasteiger partial charge in [0.25, 0.3) is 5.91 Å². The van der Waals surface area contributed by atoms with Gasteiger partial charge in [-0.1, -0.05) is 12.1 Å². The zero-order valence-electron chi connectivity index (χ0n) is 9.07. The minimum atomic E-state index is -0.449. The van der Waals surface area contributed by atoms with Crippen LogP contribution in [0.25, 0.3) is 0 Å². The van der Waals surface area contributed by atoms with Crippen LogP contribution in [0.5, 0.6) is 0 Å². The second kappa shape index (κ2) is 4.61. The van der Waals surface area contributed by atoms with Gasteiger partial charge in [-0.05, 0) is 31.9 Å². The van der Waals surface area contributed by atoms with E-state index in [-0.39, 0.29) is 17.7 Å². The number of ether oxygens (including phenoxy) is 1. The van der Waals surface area contributed by atoms with E-state index in [1.54, 1.807) is 12.1 Å². The fourth-order valence-electron chi connectivity index (χ4n) is 1.77. The minimum absolute atomic E-state index is 0.108. The van der Waals surface area contributed by atoms with Gasteiger partial charge in [-0.25, -0.2) is 4.39 Å². The van der Waals surface area contributed by atoms with E-state index in [9.17, 15) is 9.18 Å². The molecule has 4 heteroatoms. The molecule has 2 rings (SSSR count). The quantitative estimate of drug-likeness (QED) is 0.835. The molecular weight excluding hydrogens is 209 g/mol. The smallest absolute Gasteiger partial charge is 0.253 e. The molecule has 0 saturated carbocycles. The topological polar surface area (TPSA) is 38.3 Å². The molecule has 86 valence electrons. The fourth-order valence-corrected chi connectivity index (χ4v) is 1.77. The first kappa shape index (κ1) is 11.1. The molecule has 1 N–H and O–H groups in total.